The Morgan fingerprint density at radius 3 is 2.53 bits per heavy atom. The number of anilines is 1. The topological polar surface area (TPSA) is 32.3 Å². The molecule has 0 bridgehead atoms. The quantitative estimate of drug-likeness (QED) is 0.835. The first-order chi connectivity index (χ1) is 9.20. The first-order valence-electron chi connectivity index (χ1n) is 6.50. The van der Waals surface area contributed by atoms with Crippen molar-refractivity contribution >= 4 is 17.3 Å². The van der Waals surface area contributed by atoms with E-state index in [1.807, 2.05) is 12.1 Å². The van der Waals surface area contributed by atoms with Gasteiger partial charge in [0.25, 0.3) is 0 Å². The largest absolute Gasteiger partial charge is 0.506 e. The summed E-state index contributed by atoms with van der Waals surface area (Å²) >= 11 is 5.87. The van der Waals surface area contributed by atoms with Crippen LogP contribution in [0.1, 0.15) is 24.5 Å². The molecule has 3 heteroatoms. The normalized spacial score (nSPS) is 10.4. The van der Waals surface area contributed by atoms with Crippen molar-refractivity contribution in [3.05, 3.63) is 58.6 Å². The summed E-state index contributed by atoms with van der Waals surface area (Å²) in [5.41, 5.74) is 3.18. The lowest BCUT2D eigenvalue weighted by molar-refractivity contribution is 0.469. The minimum Gasteiger partial charge on any atom is -0.506 e. The fourth-order valence-corrected chi connectivity index (χ4v) is 2.17. The second-order valence-corrected chi connectivity index (χ2v) is 4.96. The van der Waals surface area contributed by atoms with Crippen LogP contribution in [0.15, 0.2) is 42.5 Å². The maximum atomic E-state index is 9.82. The van der Waals surface area contributed by atoms with Gasteiger partial charge in [-0.15, -0.1) is 0 Å². The molecule has 0 aromatic heterocycles. The molecule has 0 saturated carbocycles. The van der Waals surface area contributed by atoms with Gasteiger partial charge >= 0.3 is 0 Å². The van der Waals surface area contributed by atoms with E-state index in [2.05, 4.69) is 36.5 Å². The van der Waals surface area contributed by atoms with Crippen molar-refractivity contribution in [1.29, 1.82) is 0 Å². The van der Waals surface area contributed by atoms with Gasteiger partial charge < -0.3 is 10.4 Å². The molecule has 0 unspecified atom stereocenters. The third kappa shape index (κ3) is 3.65. The summed E-state index contributed by atoms with van der Waals surface area (Å²) in [6.07, 6.45) is 2.26. The average Bonchev–Trinajstić information content (AvgIpc) is 2.42. The molecule has 2 aromatic rings. The number of phenols is 1. The fraction of sp³-hybridized carbons (Fsp3) is 0.250. The average molecular weight is 276 g/mol. The maximum Gasteiger partial charge on any atom is 0.139 e. The summed E-state index contributed by atoms with van der Waals surface area (Å²) in [7, 11) is 0. The van der Waals surface area contributed by atoms with Crippen LogP contribution in [0, 0.1) is 0 Å². The van der Waals surface area contributed by atoms with Crippen LogP contribution in [0.2, 0.25) is 5.02 Å². The van der Waals surface area contributed by atoms with Crippen LogP contribution >= 0.6 is 11.6 Å². The Hall–Kier alpha value is -1.67. The Balaban J connectivity index is 2.00. The van der Waals surface area contributed by atoms with Crippen LogP contribution in [-0.2, 0) is 13.0 Å². The van der Waals surface area contributed by atoms with Crippen molar-refractivity contribution in [2.75, 3.05) is 5.32 Å². The predicted octanol–water partition coefficient (Wildman–Crippen LogP) is 4.61. The minimum atomic E-state index is 0.152. The van der Waals surface area contributed by atoms with Crippen molar-refractivity contribution in [3.8, 4) is 5.75 Å². The van der Waals surface area contributed by atoms with Gasteiger partial charge in [-0.1, -0.05) is 49.2 Å². The van der Waals surface area contributed by atoms with Gasteiger partial charge in [-0.05, 0) is 30.2 Å². The van der Waals surface area contributed by atoms with E-state index in [9.17, 15) is 5.11 Å². The number of aryl methyl sites for hydroxylation is 1. The Labute approximate surface area is 119 Å². The van der Waals surface area contributed by atoms with Crippen molar-refractivity contribution < 1.29 is 5.11 Å². The summed E-state index contributed by atoms with van der Waals surface area (Å²) < 4.78 is 0. The van der Waals surface area contributed by atoms with Gasteiger partial charge in [-0.3, -0.25) is 0 Å². The molecule has 0 heterocycles. The molecular weight excluding hydrogens is 258 g/mol. The SMILES string of the molecule is CCCc1ccc(NCc2cccc(Cl)c2O)cc1. The van der Waals surface area contributed by atoms with E-state index in [1.54, 1.807) is 6.07 Å². The van der Waals surface area contributed by atoms with Crippen LogP contribution in [-0.4, -0.2) is 5.11 Å². The molecule has 0 radical (unpaired) electrons. The molecule has 0 fully saturated rings. The summed E-state index contributed by atoms with van der Waals surface area (Å²) in [5, 5.41) is 13.5. The summed E-state index contributed by atoms with van der Waals surface area (Å²) in [5.74, 6) is 0.152. The van der Waals surface area contributed by atoms with E-state index in [-0.39, 0.29) is 5.75 Å². The van der Waals surface area contributed by atoms with Gasteiger partial charge in [0.1, 0.15) is 5.75 Å². The zero-order valence-electron chi connectivity index (χ0n) is 11.0. The van der Waals surface area contributed by atoms with E-state index in [4.69, 9.17) is 11.6 Å². The molecule has 2 rings (SSSR count). The van der Waals surface area contributed by atoms with Gasteiger partial charge in [0.05, 0.1) is 5.02 Å². The zero-order valence-corrected chi connectivity index (χ0v) is 11.7. The molecule has 0 saturated heterocycles. The Morgan fingerprint density at radius 1 is 1.11 bits per heavy atom. The lowest BCUT2D eigenvalue weighted by Crippen LogP contribution is -1.99. The standard InChI is InChI=1S/C16H18ClNO/c1-2-4-12-7-9-14(10-8-12)18-11-13-5-3-6-15(17)16(13)19/h3,5-10,18-19H,2,4,11H2,1H3. The van der Waals surface area contributed by atoms with E-state index in [1.165, 1.54) is 5.56 Å². The Kier molecular flexibility index (Phi) is 4.69. The van der Waals surface area contributed by atoms with E-state index in [0.717, 1.165) is 24.1 Å². The van der Waals surface area contributed by atoms with Crippen molar-refractivity contribution in [2.45, 2.75) is 26.3 Å². The molecule has 2 aromatic carbocycles. The van der Waals surface area contributed by atoms with Crippen molar-refractivity contribution in [2.24, 2.45) is 0 Å². The zero-order chi connectivity index (χ0) is 13.7. The second-order valence-electron chi connectivity index (χ2n) is 4.55. The first kappa shape index (κ1) is 13.8. The molecule has 2 N–H and O–H groups in total. The van der Waals surface area contributed by atoms with Crippen molar-refractivity contribution in [1.82, 2.24) is 0 Å². The number of nitrogens with one attached hydrogen (secondary N) is 1. The lowest BCUT2D eigenvalue weighted by Gasteiger charge is -2.09. The van der Waals surface area contributed by atoms with Gasteiger partial charge in [0.2, 0.25) is 0 Å². The molecule has 19 heavy (non-hydrogen) atoms. The van der Waals surface area contributed by atoms with Gasteiger partial charge in [-0.2, -0.15) is 0 Å². The molecular formula is C16H18ClNO. The minimum absolute atomic E-state index is 0.152. The summed E-state index contributed by atoms with van der Waals surface area (Å²) in [6.45, 7) is 2.73. The molecule has 2 nitrogen and oxygen atoms in total. The molecule has 0 spiro atoms. The predicted molar refractivity (Wildman–Crippen MR) is 80.9 cm³/mol. The molecule has 0 atom stereocenters. The lowest BCUT2D eigenvalue weighted by atomic mass is 10.1. The number of halogens is 1. The van der Waals surface area contributed by atoms with Crippen LogP contribution in [0.4, 0.5) is 5.69 Å². The number of hydrogen-bond acceptors (Lipinski definition) is 2. The Morgan fingerprint density at radius 2 is 1.84 bits per heavy atom. The third-order valence-corrected chi connectivity index (χ3v) is 3.35. The van der Waals surface area contributed by atoms with Crippen LogP contribution in [0.5, 0.6) is 5.75 Å². The third-order valence-electron chi connectivity index (χ3n) is 3.05. The van der Waals surface area contributed by atoms with Gasteiger partial charge in [0, 0.05) is 17.8 Å². The van der Waals surface area contributed by atoms with Crippen LogP contribution < -0.4 is 5.32 Å². The number of rotatable bonds is 5. The highest BCUT2D eigenvalue weighted by atomic mass is 35.5. The van der Waals surface area contributed by atoms with Crippen LogP contribution in [0.3, 0.4) is 0 Å². The molecule has 0 aliphatic rings. The van der Waals surface area contributed by atoms with Gasteiger partial charge in [-0.25, -0.2) is 0 Å². The monoisotopic (exact) mass is 275 g/mol. The number of para-hydroxylation sites is 1. The van der Waals surface area contributed by atoms with Crippen molar-refractivity contribution in [3.63, 3.8) is 0 Å². The fourth-order valence-electron chi connectivity index (χ4n) is 1.98. The van der Waals surface area contributed by atoms with Crippen LogP contribution in [0.25, 0.3) is 0 Å². The smallest absolute Gasteiger partial charge is 0.139 e. The highest BCUT2D eigenvalue weighted by molar-refractivity contribution is 6.32. The summed E-state index contributed by atoms with van der Waals surface area (Å²) in [6, 6.07) is 13.8. The number of benzene rings is 2. The molecule has 100 valence electrons. The summed E-state index contributed by atoms with van der Waals surface area (Å²) in [4.78, 5) is 0. The molecule has 0 aliphatic carbocycles. The highest BCUT2D eigenvalue weighted by Crippen LogP contribution is 2.27. The van der Waals surface area contributed by atoms with E-state index < -0.39 is 0 Å². The number of hydrogen-bond donors (Lipinski definition) is 2. The van der Waals surface area contributed by atoms with E-state index in [0.29, 0.717) is 11.6 Å². The van der Waals surface area contributed by atoms with E-state index >= 15 is 0 Å². The number of phenolic OH excluding ortho intramolecular Hbond substituents is 1. The molecule has 0 amide bonds. The first-order valence-corrected chi connectivity index (χ1v) is 6.87. The maximum absolute atomic E-state index is 9.82. The Bertz CT molecular complexity index is 537. The number of aromatic hydroxyl groups is 1. The second kappa shape index (κ2) is 6.48. The molecule has 0 aliphatic heterocycles. The van der Waals surface area contributed by atoms with Gasteiger partial charge in [0.15, 0.2) is 0 Å². The highest BCUT2D eigenvalue weighted by Gasteiger charge is 2.04.